The Balaban J connectivity index is 1.69. The largest absolute Gasteiger partial charge is 0.491 e. The summed E-state index contributed by atoms with van der Waals surface area (Å²) in [5.74, 6) is 0.720. The molecule has 0 bridgehead atoms. The molecular formula is C20H24N2O4S. The number of carbonyl (C=O) groups is 1. The van der Waals surface area contributed by atoms with Crippen molar-refractivity contribution in [2.75, 3.05) is 11.4 Å². The Morgan fingerprint density at radius 1 is 1.19 bits per heavy atom. The molecule has 7 heteroatoms. The van der Waals surface area contributed by atoms with E-state index < -0.39 is 10.0 Å². The van der Waals surface area contributed by atoms with Gasteiger partial charge in [0.05, 0.1) is 11.0 Å². The third-order valence-corrected chi connectivity index (χ3v) is 5.80. The number of carbonyl (C=O) groups excluding carboxylic acids is 1. The Morgan fingerprint density at radius 3 is 2.52 bits per heavy atom. The second-order valence-electron chi connectivity index (χ2n) is 6.85. The van der Waals surface area contributed by atoms with Crippen LogP contribution in [0.1, 0.15) is 31.9 Å². The van der Waals surface area contributed by atoms with Gasteiger partial charge in [-0.2, -0.15) is 0 Å². The molecule has 6 nitrogen and oxygen atoms in total. The number of ether oxygens (including phenoxy) is 1. The fraction of sp³-hybridized carbons (Fsp3) is 0.350. The molecule has 0 spiro atoms. The van der Waals surface area contributed by atoms with Crippen LogP contribution in [0.3, 0.4) is 0 Å². The molecule has 0 unspecified atom stereocenters. The van der Waals surface area contributed by atoms with Crippen LogP contribution in [0.2, 0.25) is 0 Å². The van der Waals surface area contributed by atoms with E-state index in [1.165, 1.54) is 6.92 Å². The van der Waals surface area contributed by atoms with Gasteiger partial charge in [-0.15, -0.1) is 0 Å². The van der Waals surface area contributed by atoms with Crippen LogP contribution in [0.5, 0.6) is 5.75 Å². The molecule has 0 atom stereocenters. The molecule has 1 N–H and O–H groups in total. The van der Waals surface area contributed by atoms with Crippen LogP contribution in [-0.4, -0.2) is 27.0 Å². The minimum Gasteiger partial charge on any atom is -0.491 e. The zero-order chi connectivity index (χ0) is 19.6. The number of amides is 1. The standard InChI is InChI=1S/C20H24N2O4S/c1-14(2)26-18-6-4-16(5-7-18)13-21-27(24,25)19-8-9-20-17(12-19)10-11-22(20)15(3)23/h4-9,12,14,21H,10-11,13H2,1-3H3. The smallest absolute Gasteiger partial charge is 0.240 e. The molecule has 0 saturated heterocycles. The minimum atomic E-state index is -3.63. The Hall–Kier alpha value is -2.38. The molecule has 2 aromatic carbocycles. The third-order valence-electron chi connectivity index (χ3n) is 4.40. The number of sulfonamides is 1. The van der Waals surface area contributed by atoms with Crippen LogP contribution < -0.4 is 14.4 Å². The zero-order valence-corrected chi connectivity index (χ0v) is 16.5. The molecule has 0 saturated carbocycles. The van der Waals surface area contributed by atoms with Crippen LogP contribution in [0, 0.1) is 0 Å². The van der Waals surface area contributed by atoms with E-state index in [2.05, 4.69) is 4.72 Å². The summed E-state index contributed by atoms with van der Waals surface area (Å²) in [5.41, 5.74) is 2.52. The lowest BCUT2D eigenvalue weighted by molar-refractivity contribution is -0.116. The van der Waals surface area contributed by atoms with Gasteiger partial charge in [0.2, 0.25) is 15.9 Å². The summed E-state index contributed by atoms with van der Waals surface area (Å²) in [5, 5.41) is 0. The van der Waals surface area contributed by atoms with Crippen molar-refractivity contribution in [3.63, 3.8) is 0 Å². The van der Waals surface area contributed by atoms with Crippen molar-refractivity contribution >= 4 is 21.6 Å². The number of anilines is 1. The van der Waals surface area contributed by atoms with E-state index in [1.807, 2.05) is 38.1 Å². The van der Waals surface area contributed by atoms with E-state index in [9.17, 15) is 13.2 Å². The number of fused-ring (bicyclic) bond motifs is 1. The van der Waals surface area contributed by atoms with Gasteiger partial charge >= 0.3 is 0 Å². The van der Waals surface area contributed by atoms with Crippen molar-refractivity contribution in [2.45, 2.75) is 44.7 Å². The van der Waals surface area contributed by atoms with Gasteiger partial charge in [0.15, 0.2) is 0 Å². The summed E-state index contributed by atoms with van der Waals surface area (Å²) in [6, 6.07) is 12.2. The summed E-state index contributed by atoms with van der Waals surface area (Å²) in [6.07, 6.45) is 0.753. The summed E-state index contributed by atoms with van der Waals surface area (Å²) in [4.78, 5) is 13.5. The highest BCUT2D eigenvalue weighted by Gasteiger charge is 2.24. The average molecular weight is 388 g/mol. The van der Waals surface area contributed by atoms with E-state index in [0.717, 1.165) is 22.6 Å². The molecule has 1 amide bonds. The van der Waals surface area contributed by atoms with E-state index >= 15 is 0 Å². The van der Waals surface area contributed by atoms with Crippen molar-refractivity contribution in [2.24, 2.45) is 0 Å². The van der Waals surface area contributed by atoms with Crippen molar-refractivity contribution < 1.29 is 17.9 Å². The quantitative estimate of drug-likeness (QED) is 0.826. The van der Waals surface area contributed by atoms with Gasteiger partial charge in [0, 0.05) is 25.7 Å². The van der Waals surface area contributed by atoms with Crippen LogP contribution in [0.4, 0.5) is 5.69 Å². The lowest BCUT2D eigenvalue weighted by Crippen LogP contribution is -2.26. The molecular weight excluding hydrogens is 364 g/mol. The second-order valence-corrected chi connectivity index (χ2v) is 8.61. The number of nitrogens with zero attached hydrogens (tertiary/aromatic N) is 1. The highest BCUT2D eigenvalue weighted by Crippen LogP contribution is 2.30. The normalized spacial score (nSPS) is 13.7. The molecule has 2 aromatic rings. The summed E-state index contributed by atoms with van der Waals surface area (Å²) < 4.78 is 33.4. The fourth-order valence-electron chi connectivity index (χ4n) is 3.09. The predicted octanol–water partition coefficient (Wildman–Crippen LogP) is 2.86. The summed E-state index contributed by atoms with van der Waals surface area (Å²) >= 11 is 0. The average Bonchev–Trinajstić information content (AvgIpc) is 3.04. The van der Waals surface area contributed by atoms with Crippen molar-refractivity contribution in [3.8, 4) is 5.75 Å². The SMILES string of the molecule is CC(=O)N1CCc2cc(S(=O)(=O)NCc3ccc(OC(C)C)cc3)ccc21. The van der Waals surface area contributed by atoms with Gasteiger partial charge in [0.1, 0.15) is 5.75 Å². The molecule has 1 aliphatic rings. The van der Waals surface area contributed by atoms with E-state index in [1.54, 1.807) is 23.1 Å². The molecule has 144 valence electrons. The monoisotopic (exact) mass is 388 g/mol. The maximum atomic E-state index is 12.6. The molecule has 0 aromatic heterocycles. The Bertz CT molecular complexity index is 937. The maximum Gasteiger partial charge on any atom is 0.240 e. The minimum absolute atomic E-state index is 0.0348. The second kappa shape index (κ2) is 7.70. The van der Waals surface area contributed by atoms with Gasteiger partial charge < -0.3 is 9.64 Å². The van der Waals surface area contributed by atoms with Crippen LogP contribution in [-0.2, 0) is 27.8 Å². The van der Waals surface area contributed by atoms with E-state index in [4.69, 9.17) is 4.74 Å². The molecule has 1 aliphatic heterocycles. The predicted molar refractivity (Wildman–Crippen MR) is 104 cm³/mol. The highest BCUT2D eigenvalue weighted by molar-refractivity contribution is 7.89. The van der Waals surface area contributed by atoms with Crippen molar-refractivity contribution in [1.82, 2.24) is 4.72 Å². The van der Waals surface area contributed by atoms with Gasteiger partial charge in [-0.25, -0.2) is 13.1 Å². The van der Waals surface area contributed by atoms with Gasteiger partial charge in [-0.1, -0.05) is 12.1 Å². The topological polar surface area (TPSA) is 75.7 Å². The first-order chi connectivity index (χ1) is 12.8. The van der Waals surface area contributed by atoms with Crippen LogP contribution in [0.25, 0.3) is 0 Å². The molecule has 27 heavy (non-hydrogen) atoms. The third kappa shape index (κ3) is 4.48. The lowest BCUT2D eigenvalue weighted by atomic mass is 10.2. The molecule has 3 rings (SSSR count). The van der Waals surface area contributed by atoms with E-state index in [-0.39, 0.29) is 23.5 Å². The maximum absolute atomic E-state index is 12.6. The molecule has 0 radical (unpaired) electrons. The van der Waals surface area contributed by atoms with Crippen LogP contribution in [0.15, 0.2) is 47.4 Å². The van der Waals surface area contributed by atoms with Gasteiger partial charge in [0.25, 0.3) is 0 Å². The lowest BCUT2D eigenvalue weighted by Gasteiger charge is -2.15. The number of rotatable bonds is 6. The first-order valence-electron chi connectivity index (χ1n) is 8.92. The zero-order valence-electron chi connectivity index (χ0n) is 15.7. The molecule has 1 heterocycles. The Kier molecular flexibility index (Phi) is 5.53. The first kappa shape index (κ1) is 19.4. The number of hydrogen-bond donors (Lipinski definition) is 1. The number of nitrogens with one attached hydrogen (secondary N) is 1. The first-order valence-corrected chi connectivity index (χ1v) is 10.4. The molecule has 0 aliphatic carbocycles. The van der Waals surface area contributed by atoms with Crippen molar-refractivity contribution in [3.05, 3.63) is 53.6 Å². The Morgan fingerprint density at radius 2 is 1.89 bits per heavy atom. The number of benzene rings is 2. The number of hydrogen-bond acceptors (Lipinski definition) is 4. The van der Waals surface area contributed by atoms with E-state index in [0.29, 0.717) is 13.0 Å². The van der Waals surface area contributed by atoms with Gasteiger partial charge in [-0.05, 0) is 61.7 Å². The highest BCUT2D eigenvalue weighted by atomic mass is 32.2. The fourth-order valence-corrected chi connectivity index (χ4v) is 4.16. The molecule has 0 fully saturated rings. The summed E-state index contributed by atoms with van der Waals surface area (Å²) in [7, 11) is -3.63. The van der Waals surface area contributed by atoms with Crippen molar-refractivity contribution in [1.29, 1.82) is 0 Å². The summed E-state index contributed by atoms with van der Waals surface area (Å²) in [6.45, 7) is 6.20. The Labute approximate surface area is 160 Å². The van der Waals surface area contributed by atoms with Crippen LogP contribution >= 0.6 is 0 Å². The van der Waals surface area contributed by atoms with Gasteiger partial charge in [-0.3, -0.25) is 4.79 Å².